The van der Waals surface area contributed by atoms with Crippen LogP contribution < -0.4 is 15.8 Å². The van der Waals surface area contributed by atoms with Crippen LogP contribution in [0.4, 0.5) is 5.95 Å². The summed E-state index contributed by atoms with van der Waals surface area (Å²) in [6.45, 7) is 3.89. The Bertz CT molecular complexity index is 545. The number of aromatic nitrogens is 2. The van der Waals surface area contributed by atoms with Gasteiger partial charge in [-0.15, -0.1) is 0 Å². The standard InChI is InChI=1S/C15H20N4O/c1-2-9-20-14-7-8-17-15(19-14)18-11-13-6-4-3-5-12(13)10-16/h3-8H,2,9-11,16H2,1H3,(H,17,18,19). The van der Waals surface area contributed by atoms with Crippen molar-refractivity contribution in [2.75, 3.05) is 11.9 Å². The SMILES string of the molecule is CCCOc1ccnc(NCc2ccccc2CN)n1. The highest BCUT2D eigenvalue weighted by molar-refractivity contribution is 5.33. The molecule has 5 nitrogen and oxygen atoms in total. The van der Waals surface area contributed by atoms with Crippen LogP contribution in [0, 0.1) is 0 Å². The summed E-state index contributed by atoms with van der Waals surface area (Å²) in [5, 5.41) is 3.19. The van der Waals surface area contributed by atoms with Crippen LogP contribution >= 0.6 is 0 Å². The van der Waals surface area contributed by atoms with Crippen LogP contribution in [0.1, 0.15) is 24.5 Å². The molecule has 0 aliphatic carbocycles. The second kappa shape index (κ2) is 7.45. The largest absolute Gasteiger partial charge is 0.478 e. The lowest BCUT2D eigenvalue weighted by Gasteiger charge is -2.10. The number of anilines is 1. The lowest BCUT2D eigenvalue weighted by atomic mass is 10.1. The van der Waals surface area contributed by atoms with Gasteiger partial charge >= 0.3 is 0 Å². The molecule has 2 rings (SSSR count). The molecule has 1 aromatic carbocycles. The molecule has 0 fully saturated rings. The Balaban J connectivity index is 1.99. The van der Waals surface area contributed by atoms with E-state index in [-0.39, 0.29) is 0 Å². The Morgan fingerprint density at radius 3 is 2.75 bits per heavy atom. The number of rotatable bonds is 7. The zero-order valence-electron chi connectivity index (χ0n) is 11.7. The monoisotopic (exact) mass is 272 g/mol. The number of nitrogens with zero attached hydrogens (tertiary/aromatic N) is 2. The summed E-state index contributed by atoms with van der Waals surface area (Å²) in [7, 11) is 0. The molecule has 0 spiro atoms. The van der Waals surface area contributed by atoms with Crippen molar-refractivity contribution in [3.05, 3.63) is 47.7 Å². The molecule has 20 heavy (non-hydrogen) atoms. The summed E-state index contributed by atoms with van der Waals surface area (Å²) in [4.78, 5) is 8.49. The first kappa shape index (κ1) is 14.3. The molecule has 1 aromatic heterocycles. The van der Waals surface area contributed by atoms with Crippen LogP contribution in [-0.4, -0.2) is 16.6 Å². The number of nitrogens with two attached hydrogens (primary N) is 1. The molecule has 0 saturated carbocycles. The predicted molar refractivity (Wildman–Crippen MR) is 79.5 cm³/mol. The fraction of sp³-hybridized carbons (Fsp3) is 0.333. The van der Waals surface area contributed by atoms with Crippen LogP contribution in [0.5, 0.6) is 5.88 Å². The smallest absolute Gasteiger partial charge is 0.226 e. The van der Waals surface area contributed by atoms with E-state index in [1.807, 2.05) is 24.3 Å². The number of benzene rings is 1. The molecule has 2 aromatic rings. The second-order valence-corrected chi connectivity index (χ2v) is 4.39. The van der Waals surface area contributed by atoms with Gasteiger partial charge in [-0.3, -0.25) is 0 Å². The van der Waals surface area contributed by atoms with Crippen LogP contribution in [0.3, 0.4) is 0 Å². The van der Waals surface area contributed by atoms with Crippen LogP contribution in [0.25, 0.3) is 0 Å². The fourth-order valence-electron chi connectivity index (χ4n) is 1.82. The summed E-state index contributed by atoms with van der Waals surface area (Å²) in [6.07, 6.45) is 2.64. The molecular weight excluding hydrogens is 252 g/mol. The Morgan fingerprint density at radius 2 is 2.00 bits per heavy atom. The molecule has 0 aliphatic rings. The topological polar surface area (TPSA) is 73.1 Å². The number of nitrogens with one attached hydrogen (secondary N) is 1. The maximum atomic E-state index is 5.72. The van der Waals surface area contributed by atoms with Crippen molar-refractivity contribution in [3.8, 4) is 5.88 Å². The van der Waals surface area contributed by atoms with E-state index in [0.29, 0.717) is 31.5 Å². The fourth-order valence-corrected chi connectivity index (χ4v) is 1.82. The highest BCUT2D eigenvalue weighted by Gasteiger charge is 2.02. The van der Waals surface area contributed by atoms with Gasteiger partial charge in [0.1, 0.15) is 0 Å². The van der Waals surface area contributed by atoms with E-state index in [1.54, 1.807) is 12.3 Å². The minimum Gasteiger partial charge on any atom is -0.478 e. The van der Waals surface area contributed by atoms with Crippen molar-refractivity contribution >= 4 is 5.95 Å². The first-order chi connectivity index (χ1) is 9.83. The van der Waals surface area contributed by atoms with Crippen molar-refractivity contribution in [3.63, 3.8) is 0 Å². The van der Waals surface area contributed by atoms with E-state index < -0.39 is 0 Å². The zero-order chi connectivity index (χ0) is 14.2. The van der Waals surface area contributed by atoms with E-state index >= 15 is 0 Å². The van der Waals surface area contributed by atoms with Crippen molar-refractivity contribution in [2.45, 2.75) is 26.4 Å². The molecule has 0 bridgehead atoms. The van der Waals surface area contributed by atoms with E-state index in [4.69, 9.17) is 10.5 Å². The third-order valence-corrected chi connectivity index (χ3v) is 2.86. The number of hydrogen-bond acceptors (Lipinski definition) is 5. The van der Waals surface area contributed by atoms with Gasteiger partial charge in [-0.05, 0) is 17.5 Å². The Labute approximate surface area is 119 Å². The van der Waals surface area contributed by atoms with E-state index in [0.717, 1.165) is 17.5 Å². The van der Waals surface area contributed by atoms with E-state index in [9.17, 15) is 0 Å². The van der Waals surface area contributed by atoms with E-state index in [2.05, 4.69) is 22.2 Å². The average molecular weight is 272 g/mol. The van der Waals surface area contributed by atoms with Crippen LogP contribution in [0.2, 0.25) is 0 Å². The van der Waals surface area contributed by atoms with Crippen molar-refractivity contribution < 1.29 is 4.74 Å². The minimum atomic E-state index is 0.526. The van der Waals surface area contributed by atoms with Gasteiger partial charge in [0.25, 0.3) is 0 Å². The molecule has 106 valence electrons. The van der Waals surface area contributed by atoms with Gasteiger partial charge in [0.05, 0.1) is 6.61 Å². The molecule has 0 amide bonds. The molecule has 1 heterocycles. The van der Waals surface area contributed by atoms with E-state index in [1.165, 1.54) is 0 Å². The third kappa shape index (κ3) is 3.93. The lowest BCUT2D eigenvalue weighted by molar-refractivity contribution is 0.305. The molecule has 5 heteroatoms. The second-order valence-electron chi connectivity index (χ2n) is 4.39. The van der Waals surface area contributed by atoms with Gasteiger partial charge in [-0.2, -0.15) is 4.98 Å². The predicted octanol–water partition coefficient (Wildman–Crippen LogP) is 2.34. The maximum absolute atomic E-state index is 5.72. The van der Waals surface area contributed by atoms with Gasteiger partial charge < -0.3 is 15.8 Å². The van der Waals surface area contributed by atoms with Gasteiger partial charge in [0.15, 0.2) is 0 Å². The highest BCUT2D eigenvalue weighted by atomic mass is 16.5. The van der Waals surface area contributed by atoms with Gasteiger partial charge in [0.2, 0.25) is 11.8 Å². The summed E-state index contributed by atoms with van der Waals surface area (Å²) < 4.78 is 5.48. The third-order valence-electron chi connectivity index (χ3n) is 2.86. The zero-order valence-corrected chi connectivity index (χ0v) is 11.7. The average Bonchev–Trinajstić information content (AvgIpc) is 2.51. The first-order valence-corrected chi connectivity index (χ1v) is 6.80. The van der Waals surface area contributed by atoms with Crippen LogP contribution in [0.15, 0.2) is 36.5 Å². The molecule has 0 atom stereocenters. The Morgan fingerprint density at radius 1 is 1.20 bits per heavy atom. The summed E-state index contributed by atoms with van der Waals surface area (Å²) in [5.41, 5.74) is 7.99. The first-order valence-electron chi connectivity index (χ1n) is 6.80. The Hall–Kier alpha value is -2.14. The number of ether oxygens (including phenoxy) is 1. The Kier molecular flexibility index (Phi) is 5.32. The summed E-state index contributed by atoms with van der Waals surface area (Å²) in [6, 6.07) is 9.82. The van der Waals surface area contributed by atoms with Crippen LogP contribution in [-0.2, 0) is 13.1 Å². The molecule has 3 N–H and O–H groups in total. The quantitative estimate of drug-likeness (QED) is 0.809. The van der Waals surface area contributed by atoms with Gasteiger partial charge in [-0.25, -0.2) is 4.98 Å². The molecule has 0 saturated heterocycles. The molecule has 0 unspecified atom stereocenters. The van der Waals surface area contributed by atoms with Gasteiger partial charge in [0, 0.05) is 25.4 Å². The summed E-state index contributed by atoms with van der Waals surface area (Å²) >= 11 is 0. The maximum Gasteiger partial charge on any atom is 0.226 e. The minimum absolute atomic E-state index is 0.526. The number of hydrogen-bond donors (Lipinski definition) is 2. The van der Waals surface area contributed by atoms with Crippen molar-refractivity contribution in [2.24, 2.45) is 5.73 Å². The molecule has 0 radical (unpaired) electrons. The summed E-state index contributed by atoms with van der Waals surface area (Å²) in [5.74, 6) is 1.15. The normalized spacial score (nSPS) is 10.3. The van der Waals surface area contributed by atoms with Crippen molar-refractivity contribution in [1.29, 1.82) is 0 Å². The van der Waals surface area contributed by atoms with Gasteiger partial charge in [-0.1, -0.05) is 31.2 Å². The molecule has 0 aliphatic heterocycles. The highest BCUT2D eigenvalue weighted by Crippen LogP contribution is 2.12. The van der Waals surface area contributed by atoms with Crippen molar-refractivity contribution in [1.82, 2.24) is 9.97 Å². The molecular formula is C15H20N4O. The lowest BCUT2D eigenvalue weighted by Crippen LogP contribution is -2.08.